The van der Waals surface area contributed by atoms with Crippen LogP contribution in [-0.4, -0.2) is 33.9 Å². The fraction of sp³-hybridized carbons (Fsp3) is 0.333. The van der Waals surface area contributed by atoms with E-state index >= 15 is 0 Å². The predicted molar refractivity (Wildman–Crippen MR) is 129 cm³/mol. The predicted octanol–water partition coefficient (Wildman–Crippen LogP) is 4.86. The van der Waals surface area contributed by atoms with E-state index in [1.807, 2.05) is 44.2 Å². The Kier molecular flexibility index (Phi) is 7.31. The zero-order valence-corrected chi connectivity index (χ0v) is 19.2. The van der Waals surface area contributed by atoms with Crippen molar-refractivity contribution in [2.45, 2.75) is 46.0 Å². The first-order valence-electron chi connectivity index (χ1n) is 11.3. The molecule has 0 radical (unpaired) electrons. The van der Waals surface area contributed by atoms with Crippen molar-refractivity contribution in [2.24, 2.45) is 5.16 Å². The van der Waals surface area contributed by atoms with Crippen molar-refractivity contribution in [3.63, 3.8) is 0 Å². The van der Waals surface area contributed by atoms with E-state index in [-0.39, 0.29) is 6.61 Å². The second-order valence-electron chi connectivity index (χ2n) is 8.13. The lowest BCUT2D eigenvalue weighted by atomic mass is 9.94. The lowest BCUT2D eigenvalue weighted by Gasteiger charge is -2.16. The molecule has 0 bridgehead atoms. The van der Waals surface area contributed by atoms with Gasteiger partial charge in [0, 0.05) is 29.2 Å². The van der Waals surface area contributed by atoms with E-state index in [1.165, 1.54) is 5.56 Å². The largest absolute Gasteiger partial charge is 0.481 e. The summed E-state index contributed by atoms with van der Waals surface area (Å²) in [6.45, 7) is 4.69. The third kappa shape index (κ3) is 5.95. The number of oxime groups is 1. The Hall–Kier alpha value is -3.72. The maximum atomic E-state index is 5.65. The number of aromatic nitrogens is 3. The molecule has 33 heavy (non-hydrogen) atoms. The molecule has 0 unspecified atom stereocenters. The van der Waals surface area contributed by atoms with Gasteiger partial charge < -0.3 is 9.57 Å². The number of rotatable bonds is 8. The summed E-state index contributed by atoms with van der Waals surface area (Å²) in [4.78, 5) is 19.7. The van der Waals surface area contributed by atoms with E-state index in [4.69, 9.17) is 21.0 Å². The molecule has 1 aliphatic carbocycles. The van der Waals surface area contributed by atoms with Gasteiger partial charge in [-0.2, -0.15) is 0 Å². The summed E-state index contributed by atoms with van der Waals surface area (Å²) < 4.78 is 5.56. The van der Waals surface area contributed by atoms with Crippen LogP contribution in [0.5, 0.6) is 5.75 Å². The summed E-state index contributed by atoms with van der Waals surface area (Å²) in [5, 5.41) is 4.40. The van der Waals surface area contributed by atoms with Crippen molar-refractivity contribution >= 4 is 5.71 Å². The van der Waals surface area contributed by atoms with Gasteiger partial charge in [-0.3, -0.25) is 15.0 Å². The number of hydrogen-bond donors (Lipinski definition) is 0. The molecule has 6 nitrogen and oxygen atoms in total. The van der Waals surface area contributed by atoms with Gasteiger partial charge in [-0.15, -0.1) is 6.42 Å². The maximum Gasteiger partial charge on any atom is 0.148 e. The lowest BCUT2D eigenvalue weighted by Crippen LogP contribution is -2.15. The van der Waals surface area contributed by atoms with Crippen LogP contribution in [0.25, 0.3) is 11.4 Å². The van der Waals surface area contributed by atoms with Crippen LogP contribution in [0.15, 0.2) is 47.6 Å². The highest BCUT2D eigenvalue weighted by Crippen LogP contribution is 2.23. The minimum Gasteiger partial charge on any atom is -0.481 e. The molecule has 0 amide bonds. The van der Waals surface area contributed by atoms with Crippen molar-refractivity contribution in [2.75, 3.05) is 13.2 Å². The van der Waals surface area contributed by atoms with Crippen molar-refractivity contribution in [1.29, 1.82) is 0 Å². The molecule has 3 aromatic rings. The number of hydrogen-bond acceptors (Lipinski definition) is 6. The standard InChI is InChI=1S/C27H28N4O2/c1-4-15-32-23-17-20(3)28-26(18-23)24-11-6-9-22(30-24)10-7-16-33-31-25-12-5-8-21-14-13-19(2)29-27(21)25/h1,6,9,11,13-14,17-18H,5,7-8,10,12,15-16H2,2-3H3. The Balaban J connectivity index is 1.35. The molecule has 0 saturated heterocycles. The Morgan fingerprint density at radius 2 is 1.91 bits per heavy atom. The Morgan fingerprint density at radius 1 is 1.00 bits per heavy atom. The third-order valence-corrected chi connectivity index (χ3v) is 5.41. The molecule has 6 heteroatoms. The van der Waals surface area contributed by atoms with Crippen molar-refractivity contribution in [1.82, 2.24) is 15.0 Å². The lowest BCUT2D eigenvalue weighted by molar-refractivity contribution is 0.141. The molecule has 168 valence electrons. The van der Waals surface area contributed by atoms with E-state index in [2.05, 4.69) is 33.2 Å². The highest BCUT2D eigenvalue weighted by Gasteiger charge is 2.17. The Morgan fingerprint density at radius 3 is 2.79 bits per heavy atom. The zero-order valence-electron chi connectivity index (χ0n) is 19.2. The molecule has 0 N–H and O–H groups in total. The zero-order chi connectivity index (χ0) is 23.0. The topological polar surface area (TPSA) is 69.5 Å². The number of nitrogens with zero attached hydrogens (tertiary/aromatic N) is 4. The van der Waals surface area contributed by atoms with E-state index in [0.29, 0.717) is 12.4 Å². The summed E-state index contributed by atoms with van der Waals surface area (Å²) in [6.07, 6.45) is 9.95. The molecule has 0 atom stereocenters. The van der Waals surface area contributed by atoms with Crippen LogP contribution in [0, 0.1) is 26.2 Å². The van der Waals surface area contributed by atoms with E-state index < -0.39 is 0 Å². The number of aryl methyl sites for hydroxylation is 4. The number of ether oxygens (including phenoxy) is 1. The molecule has 0 aromatic carbocycles. The Bertz CT molecular complexity index is 1200. The van der Waals surface area contributed by atoms with E-state index in [0.717, 1.165) is 72.0 Å². The first-order valence-corrected chi connectivity index (χ1v) is 11.3. The third-order valence-electron chi connectivity index (χ3n) is 5.41. The summed E-state index contributed by atoms with van der Waals surface area (Å²) in [6, 6.07) is 13.9. The average molecular weight is 441 g/mol. The molecule has 0 saturated carbocycles. The Labute approximate surface area is 195 Å². The van der Waals surface area contributed by atoms with Gasteiger partial charge in [0.15, 0.2) is 0 Å². The van der Waals surface area contributed by atoms with Crippen LogP contribution in [0.2, 0.25) is 0 Å². The van der Waals surface area contributed by atoms with Crippen LogP contribution in [-0.2, 0) is 17.7 Å². The van der Waals surface area contributed by atoms with Crippen LogP contribution in [0.1, 0.15) is 47.6 Å². The van der Waals surface area contributed by atoms with Crippen molar-refractivity contribution in [3.8, 4) is 29.5 Å². The fourth-order valence-electron chi connectivity index (χ4n) is 3.87. The van der Waals surface area contributed by atoms with E-state index in [9.17, 15) is 0 Å². The van der Waals surface area contributed by atoms with Gasteiger partial charge in [-0.1, -0.05) is 23.2 Å². The van der Waals surface area contributed by atoms with Gasteiger partial charge in [0.1, 0.15) is 24.7 Å². The van der Waals surface area contributed by atoms with Crippen LogP contribution >= 0.6 is 0 Å². The van der Waals surface area contributed by atoms with Gasteiger partial charge in [-0.25, -0.2) is 0 Å². The molecule has 3 aromatic heterocycles. The van der Waals surface area contributed by atoms with Crippen LogP contribution in [0.3, 0.4) is 0 Å². The molecule has 0 fully saturated rings. The van der Waals surface area contributed by atoms with Gasteiger partial charge in [-0.05, 0) is 69.7 Å². The minimum absolute atomic E-state index is 0.224. The molecular formula is C27H28N4O2. The fourth-order valence-corrected chi connectivity index (χ4v) is 3.87. The summed E-state index contributed by atoms with van der Waals surface area (Å²) in [5.74, 6) is 3.18. The first kappa shape index (κ1) is 22.5. The number of terminal acetylenes is 1. The van der Waals surface area contributed by atoms with Gasteiger partial charge >= 0.3 is 0 Å². The van der Waals surface area contributed by atoms with Crippen molar-refractivity contribution in [3.05, 3.63) is 70.8 Å². The quantitative estimate of drug-likeness (QED) is 0.284. The number of fused-ring (bicyclic) bond motifs is 1. The SMILES string of the molecule is C#CCOc1cc(C)nc(-c2cccc(CCCON=C3CCCc4ccc(C)nc43)n2)c1. The van der Waals surface area contributed by atoms with Gasteiger partial charge in [0.25, 0.3) is 0 Å². The smallest absolute Gasteiger partial charge is 0.148 e. The normalized spacial score (nSPS) is 13.9. The first-order chi connectivity index (χ1) is 16.1. The molecule has 0 aliphatic heterocycles. The second kappa shape index (κ2) is 10.7. The monoisotopic (exact) mass is 440 g/mol. The minimum atomic E-state index is 0.224. The molecule has 1 aliphatic rings. The molecule has 0 spiro atoms. The van der Waals surface area contributed by atoms with Gasteiger partial charge in [0.2, 0.25) is 0 Å². The highest BCUT2D eigenvalue weighted by atomic mass is 16.6. The summed E-state index contributed by atoms with van der Waals surface area (Å²) in [5.41, 5.74) is 7.63. The van der Waals surface area contributed by atoms with Gasteiger partial charge in [0.05, 0.1) is 17.1 Å². The average Bonchev–Trinajstić information content (AvgIpc) is 2.82. The van der Waals surface area contributed by atoms with Crippen LogP contribution < -0.4 is 4.74 Å². The second-order valence-corrected chi connectivity index (χ2v) is 8.13. The van der Waals surface area contributed by atoms with Crippen LogP contribution in [0.4, 0.5) is 0 Å². The highest BCUT2D eigenvalue weighted by molar-refractivity contribution is 6.00. The molecular weight excluding hydrogens is 412 g/mol. The molecule has 3 heterocycles. The van der Waals surface area contributed by atoms with E-state index in [1.54, 1.807) is 0 Å². The number of pyridine rings is 3. The van der Waals surface area contributed by atoms with Crippen molar-refractivity contribution < 1.29 is 9.57 Å². The summed E-state index contributed by atoms with van der Waals surface area (Å²) in [7, 11) is 0. The summed E-state index contributed by atoms with van der Waals surface area (Å²) >= 11 is 0. The molecule has 4 rings (SSSR count). The maximum absolute atomic E-state index is 5.65.